The molecule has 10 fully saturated rings. The first-order chi connectivity index (χ1) is 32.1. The Kier molecular flexibility index (Phi) is 13.1. The fraction of sp³-hybridized carbons (Fsp3) is 0.908. The van der Waals surface area contributed by atoms with E-state index in [9.17, 15) is 9.59 Å². The molecule has 69 heavy (non-hydrogen) atoms. The lowest BCUT2D eigenvalue weighted by molar-refractivity contribution is -0.181. The van der Waals surface area contributed by atoms with Gasteiger partial charge in [-0.2, -0.15) is 0 Å². The SMILES string of the molecule is C=C(CC[C@@H](C)C1CC[C@@]2(C)C3CCC4C(C)(C)[C@@H](OC(C)=O)CC[C@@]45C[C@@]35CC[C@]12C)C(C)C.CC(=O)O[C@H]1CC[C@]23C[C@]24CC[C@]2(C)C([C@H](C)CCC=C(C)C)CC[C@@]2(C)C4CCC3C1(C)C. The largest absolute Gasteiger partial charge is 0.462 e. The van der Waals surface area contributed by atoms with Crippen LogP contribution in [0.15, 0.2) is 23.8 Å². The predicted molar refractivity (Wildman–Crippen MR) is 285 cm³/mol. The molecule has 0 aromatic rings. The number of fused-ring (bicyclic) bond motifs is 4. The molecule has 4 heteroatoms. The number of esters is 2. The van der Waals surface area contributed by atoms with E-state index >= 15 is 0 Å². The highest BCUT2D eigenvalue weighted by Crippen LogP contribution is 2.91. The lowest BCUT2D eigenvalue weighted by Crippen LogP contribution is -2.58. The smallest absolute Gasteiger partial charge is 0.302 e. The van der Waals surface area contributed by atoms with E-state index in [1.165, 1.54) is 140 Å². The monoisotopic (exact) mass is 951 g/mol. The van der Waals surface area contributed by atoms with Crippen molar-refractivity contribution in [3.8, 4) is 0 Å². The van der Waals surface area contributed by atoms with Crippen LogP contribution in [0.1, 0.15) is 252 Å². The van der Waals surface area contributed by atoms with Crippen LogP contribution in [0, 0.1) is 107 Å². The Labute approximate surface area is 424 Å². The maximum absolute atomic E-state index is 11.9. The van der Waals surface area contributed by atoms with E-state index in [0.29, 0.717) is 49.2 Å². The van der Waals surface area contributed by atoms with Gasteiger partial charge < -0.3 is 9.47 Å². The van der Waals surface area contributed by atoms with Gasteiger partial charge in [0.25, 0.3) is 0 Å². The molecule has 4 spiro atoms. The zero-order valence-electron chi connectivity index (χ0n) is 47.8. The number of carbonyl (C=O) groups is 2. The highest BCUT2D eigenvalue weighted by atomic mass is 16.5. The van der Waals surface area contributed by atoms with Crippen LogP contribution in [0.25, 0.3) is 0 Å². The van der Waals surface area contributed by atoms with Crippen molar-refractivity contribution >= 4 is 11.9 Å². The summed E-state index contributed by atoms with van der Waals surface area (Å²) in [5, 5.41) is 0. The van der Waals surface area contributed by atoms with Crippen LogP contribution in [0.2, 0.25) is 0 Å². The average molecular weight is 952 g/mol. The summed E-state index contributed by atoms with van der Waals surface area (Å²) < 4.78 is 11.8. The quantitative estimate of drug-likeness (QED) is 0.153. The first kappa shape index (κ1) is 52.3. The molecule has 0 aromatic carbocycles. The van der Waals surface area contributed by atoms with E-state index < -0.39 is 0 Å². The molecule has 10 saturated carbocycles. The van der Waals surface area contributed by atoms with Crippen molar-refractivity contribution in [2.45, 2.75) is 264 Å². The highest BCUT2D eigenvalue weighted by molar-refractivity contribution is 5.66. The molecule has 10 aliphatic carbocycles. The Balaban J connectivity index is 0.000000172. The maximum atomic E-state index is 11.9. The van der Waals surface area contributed by atoms with Crippen LogP contribution in [0.3, 0.4) is 0 Å². The topological polar surface area (TPSA) is 52.6 Å². The van der Waals surface area contributed by atoms with Gasteiger partial charge in [0.15, 0.2) is 0 Å². The molecule has 0 aromatic heterocycles. The zero-order chi connectivity index (χ0) is 50.3. The molecule has 10 rings (SSSR count). The minimum absolute atomic E-state index is 0.0927. The molecule has 0 aliphatic heterocycles. The van der Waals surface area contributed by atoms with Crippen molar-refractivity contribution in [1.82, 2.24) is 0 Å². The number of hydrogen-bond donors (Lipinski definition) is 0. The van der Waals surface area contributed by atoms with Crippen LogP contribution in [0.5, 0.6) is 0 Å². The summed E-state index contributed by atoms with van der Waals surface area (Å²) in [5.41, 5.74) is 7.34. The predicted octanol–water partition coefficient (Wildman–Crippen LogP) is 17.7. The third-order valence-electron chi connectivity index (χ3n) is 27.1. The first-order valence-electron chi connectivity index (χ1n) is 29.7. The number of carbonyl (C=O) groups excluding carboxylic acids is 2. The van der Waals surface area contributed by atoms with Crippen molar-refractivity contribution < 1.29 is 19.1 Å². The van der Waals surface area contributed by atoms with Crippen molar-refractivity contribution in [1.29, 1.82) is 0 Å². The second-order valence-electron chi connectivity index (χ2n) is 30.4. The lowest BCUT2D eigenvalue weighted by atomic mass is 9.41. The zero-order valence-corrected chi connectivity index (χ0v) is 47.8. The van der Waals surface area contributed by atoms with Crippen LogP contribution in [-0.2, 0) is 19.1 Å². The Bertz CT molecular complexity index is 2040. The summed E-state index contributed by atoms with van der Waals surface area (Å²) in [7, 11) is 0. The fourth-order valence-electron chi connectivity index (χ4n) is 23.1. The van der Waals surface area contributed by atoms with E-state index in [0.717, 1.165) is 60.2 Å². The van der Waals surface area contributed by atoms with Crippen molar-refractivity contribution in [3.63, 3.8) is 0 Å². The van der Waals surface area contributed by atoms with E-state index in [-0.39, 0.29) is 35.0 Å². The van der Waals surface area contributed by atoms with Gasteiger partial charge in [-0.3, -0.25) is 9.59 Å². The van der Waals surface area contributed by atoms with Crippen molar-refractivity contribution in [3.05, 3.63) is 23.8 Å². The van der Waals surface area contributed by atoms with Gasteiger partial charge in [0.05, 0.1) is 0 Å². The summed E-state index contributed by atoms with van der Waals surface area (Å²) in [6, 6.07) is 0. The van der Waals surface area contributed by atoms with Gasteiger partial charge >= 0.3 is 11.9 Å². The maximum Gasteiger partial charge on any atom is 0.302 e. The second kappa shape index (κ2) is 17.2. The molecular formula is C65H106O4. The highest BCUT2D eigenvalue weighted by Gasteiger charge is 2.84. The molecule has 4 nitrogen and oxygen atoms in total. The van der Waals surface area contributed by atoms with Gasteiger partial charge in [-0.1, -0.05) is 107 Å². The molecule has 18 atom stereocenters. The molecule has 0 amide bonds. The normalized spacial score (nSPS) is 48.7. The molecular weight excluding hydrogens is 845 g/mol. The average Bonchev–Trinajstić information content (AvgIpc) is 4.06. The molecule has 0 saturated heterocycles. The fourth-order valence-corrected chi connectivity index (χ4v) is 23.1. The van der Waals surface area contributed by atoms with E-state index in [2.05, 4.69) is 110 Å². The molecule has 0 N–H and O–H groups in total. The van der Waals surface area contributed by atoms with Crippen LogP contribution >= 0.6 is 0 Å². The Morgan fingerprint density at radius 1 is 0.507 bits per heavy atom. The molecule has 0 heterocycles. The Morgan fingerprint density at radius 2 is 0.899 bits per heavy atom. The molecule has 0 bridgehead atoms. The molecule has 6 unspecified atom stereocenters. The van der Waals surface area contributed by atoms with Crippen molar-refractivity contribution in [2.24, 2.45) is 107 Å². The number of hydrogen-bond acceptors (Lipinski definition) is 4. The Hall–Kier alpha value is -1.58. The molecule has 390 valence electrons. The van der Waals surface area contributed by atoms with Gasteiger partial charge in [-0.25, -0.2) is 0 Å². The van der Waals surface area contributed by atoms with E-state index in [1.807, 2.05) is 0 Å². The number of ether oxygens (including phenoxy) is 2. The number of allylic oxidation sites excluding steroid dienone is 3. The lowest BCUT2D eigenvalue weighted by Gasteiger charge is -2.63. The van der Waals surface area contributed by atoms with Crippen molar-refractivity contribution in [2.75, 3.05) is 0 Å². The van der Waals surface area contributed by atoms with Crippen LogP contribution in [-0.4, -0.2) is 24.1 Å². The van der Waals surface area contributed by atoms with Gasteiger partial charge in [0, 0.05) is 24.7 Å². The minimum Gasteiger partial charge on any atom is -0.462 e. The van der Waals surface area contributed by atoms with Gasteiger partial charge in [0.2, 0.25) is 0 Å². The third-order valence-corrected chi connectivity index (χ3v) is 27.1. The van der Waals surface area contributed by atoms with E-state index in [1.54, 1.807) is 13.8 Å². The van der Waals surface area contributed by atoms with Gasteiger partial charge in [0.1, 0.15) is 12.2 Å². The minimum atomic E-state index is -0.0951. The van der Waals surface area contributed by atoms with Crippen LogP contribution < -0.4 is 0 Å². The third kappa shape index (κ3) is 7.37. The summed E-state index contributed by atoms with van der Waals surface area (Å²) in [6.07, 6.45) is 32.6. The summed E-state index contributed by atoms with van der Waals surface area (Å²) in [4.78, 5) is 23.7. The first-order valence-corrected chi connectivity index (χ1v) is 29.7. The summed E-state index contributed by atoms with van der Waals surface area (Å²) in [5.74, 6) is 7.07. The van der Waals surface area contributed by atoms with Crippen LogP contribution in [0.4, 0.5) is 0 Å². The summed E-state index contributed by atoms with van der Waals surface area (Å²) >= 11 is 0. The van der Waals surface area contributed by atoms with Gasteiger partial charge in [-0.15, -0.1) is 0 Å². The summed E-state index contributed by atoms with van der Waals surface area (Å²) in [6.45, 7) is 42.4. The van der Waals surface area contributed by atoms with E-state index in [4.69, 9.17) is 9.47 Å². The standard InChI is InChI=1S/C33H54O2.C32H52O2/c1-21(2)22(3)10-11-23(4)25-14-16-31(9)27-13-12-26-29(6,7)28(35-24(5)34)15-17-32(26)20-33(27,32)19-18-30(25,31)8;1-21(2)10-9-11-22(3)24-14-16-30(8)26-13-12-25-28(5,6)27(34-23(4)33)15-17-31(25)20-32(26,31)19-18-29(24,30)7/h21,23,25-28H,3,10-20H2,1-2,4-9H3;10,22,24-27H,9,11-20H2,1-8H3/t23-,25?,26?,27?,28+,30-,31+,32-,33+;22-,24?,25?,26?,27+,29-,30+,31-,32+/m11/s1. The molecule has 0 radical (unpaired) electrons. The molecule has 10 aliphatic rings. The second-order valence-corrected chi connectivity index (χ2v) is 30.4. The number of rotatable bonds is 11. The Morgan fingerprint density at radius 3 is 1.29 bits per heavy atom. The van der Waals surface area contributed by atoms with Gasteiger partial charge in [-0.05, 0) is 252 Å².